The van der Waals surface area contributed by atoms with Gasteiger partial charge in [-0.05, 0) is 78.6 Å². The van der Waals surface area contributed by atoms with Gasteiger partial charge in [-0.1, -0.05) is 19.3 Å². The van der Waals surface area contributed by atoms with Gasteiger partial charge in [-0.15, -0.1) is 0 Å². The van der Waals surface area contributed by atoms with Gasteiger partial charge in [0.05, 0.1) is 0 Å². The molecular weight excluding hydrogens is 232 g/mol. The summed E-state index contributed by atoms with van der Waals surface area (Å²) in [5.41, 5.74) is 0. The molecule has 0 aliphatic carbocycles. The molecule has 2 nitrogen and oxygen atoms in total. The zero-order valence-corrected chi connectivity index (χ0v) is 13.2. The minimum absolute atomic E-state index is 0.734. The SMILES string of the molecule is CC(C)N1CCCC(N2CCCCCCC2)CCC1. The standard InChI is InChI=1S/C17H34N2/c1-16(2)18-14-8-10-17(11-9-15-18)19-12-6-4-3-5-7-13-19/h16-17H,3-15H2,1-2H3. The average Bonchev–Trinajstić information content (AvgIpc) is 2.29. The molecule has 2 aliphatic rings. The molecule has 0 spiro atoms. The van der Waals surface area contributed by atoms with Crippen LogP contribution in [0.2, 0.25) is 0 Å². The summed E-state index contributed by atoms with van der Waals surface area (Å²) in [6, 6.07) is 1.63. The van der Waals surface area contributed by atoms with Crippen molar-refractivity contribution in [1.82, 2.24) is 9.80 Å². The highest BCUT2D eigenvalue weighted by Crippen LogP contribution is 2.21. The molecule has 2 heteroatoms. The van der Waals surface area contributed by atoms with E-state index in [-0.39, 0.29) is 0 Å². The van der Waals surface area contributed by atoms with Crippen LogP contribution in [-0.2, 0) is 0 Å². The molecule has 2 heterocycles. The maximum atomic E-state index is 2.84. The Morgan fingerprint density at radius 2 is 1.21 bits per heavy atom. The van der Waals surface area contributed by atoms with Crippen LogP contribution in [0.5, 0.6) is 0 Å². The van der Waals surface area contributed by atoms with Crippen molar-refractivity contribution in [3.63, 3.8) is 0 Å². The fourth-order valence-corrected chi connectivity index (χ4v) is 3.83. The van der Waals surface area contributed by atoms with Crippen LogP contribution < -0.4 is 0 Å². The van der Waals surface area contributed by atoms with Gasteiger partial charge in [0, 0.05) is 12.1 Å². The Balaban J connectivity index is 1.80. The molecule has 0 amide bonds. The van der Waals surface area contributed by atoms with E-state index in [2.05, 4.69) is 23.6 Å². The number of nitrogens with zero attached hydrogens (tertiary/aromatic N) is 2. The zero-order valence-electron chi connectivity index (χ0n) is 13.2. The minimum atomic E-state index is 0.734. The van der Waals surface area contributed by atoms with E-state index < -0.39 is 0 Å². The van der Waals surface area contributed by atoms with Gasteiger partial charge < -0.3 is 9.80 Å². The monoisotopic (exact) mass is 266 g/mol. The predicted octanol–water partition coefficient (Wildman–Crippen LogP) is 3.91. The number of hydrogen-bond donors (Lipinski definition) is 0. The first-order chi connectivity index (χ1) is 9.27. The van der Waals surface area contributed by atoms with Crippen molar-refractivity contribution >= 4 is 0 Å². The van der Waals surface area contributed by atoms with Crippen molar-refractivity contribution in [3.05, 3.63) is 0 Å². The maximum Gasteiger partial charge on any atom is 0.00962 e. The first kappa shape index (κ1) is 15.3. The van der Waals surface area contributed by atoms with Crippen molar-refractivity contribution in [3.8, 4) is 0 Å². The predicted molar refractivity (Wildman–Crippen MR) is 83.6 cm³/mol. The van der Waals surface area contributed by atoms with Gasteiger partial charge in [-0.2, -0.15) is 0 Å². The molecule has 19 heavy (non-hydrogen) atoms. The van der Waals surface area contributed by atoms with Gasteiger partial charge >= 0.3 is 0 Å². The van der Waals surface area contributed by atoms with E-state index in [9.17, 15) is 0 Å². The van der Waals surface area contributed by atoms with E-state index in [0.717, 1.165) is 12.1 Å². The largest absolute Gasteiger partial charge is 0.301 e. The summed E-state index contributed by atoms with van der Waals surface area (Å²) in [4.78, 5) is 5.51. The van der Waals surface area contributed by atoms with Crippen molar-refractivity contribution in [2.24, 2.45) is 0 Å². The van der Waals surface area contributed by atoms with Gasteiger partial charge in [0.2, 0.25) is 0 Å². The van der Waals surface area contributed by atoms with Crippen LogP contribution in [0.4, 0.5) is 0 Å². The third kappa shape index (κ3) is 5.07. The molecule has 2 saturated heterocycles. The lowest BCUT2D eigenvalue weighted by Gasteiger charge is -2.37. The van der Waals surface area contributed by atoms with E-state index in [1.807, 2.05) is 0 Å². The fourth-order valence-electron chi connectivity index (χ4n) is 3.83. The molecule has 0 aromatic heterocycles. The van der Waals surface area contributed by atoms with E-state index in [4.69, 9.17) is 0 Å². The second-order valence-electron chi connectivity index (χ2n) is 6.87. The Hall–Kier alpha value is -0.0800. The Morgan fingerprint density at radius 1 is 0.684 bits per heavy atom. The number of rotatable bonds is 2. The van der Waals surface area contributed by atoms with Gasteiger partial charge in [-0.25, -0.2) is 0 Å². The van der Waals surface area contributed by atoms with E-state index >= 15 is 0 Å². The molecule has 0 bridgehead atoms. The first-order valence-corrected chi connectivity index (χ1v) is 8.75. The smallest absolute Gasteiger partial charge is 0.00962 e. The van der Waals surface area contributed by atoms with Crippen LogP contribution in [0, 0.1) is 0 Å². The molecule has 0 unspecified atom stereocenters. The molecule has 2 aliphatic heterocycles. The van der Waals surface area contributed by atoms with Gasteiger partial charge in [0.25, 0.3) is 0 Å². The van der Waals surface area contributed by atoms with Gasteiger partial charge in [0.1, 0.15) is 0 Å². The maximum absolute atomic E-state index is 2.84. The Labute approximate surface area is 120 Å². The molecule has 0 aromatic rings. The topological polar surface area (TPSA) is 6.48 Å². The van der Waals surface area contributed by atoms with Crippen LogP contribution >= 0.6 is 0 Å². The minimum Gasteiger partial charge on any atom is -0.301 e. The Morgan fingerprint density at radius 3 is 1.74 bits per heavy atom. The molecule has 2 rings (SSSR count). The van der Waals surface area contributed by atoms with E-state index in [1.165, 1.54) is 84.0 Å². The number of hydrogen-bond acceptors (Lipinski definition) is 2. The van der Waals surface area contributed by atoms with Crippen molar-refractivity contribution in [2.75, 3.05) is 26.2 Å². The molecule has 0 aromatic carbocycles. The second-order valence-corrected chi connectivity index (χ2v) is 6.87. The highest BCUT2D eigenvalue weighted by Gasteiger charge is 2.22. The van der Waals surface area contributed by atoms with Crippen LogP contribution in [-0.4, -0.2) is 48.1 Å². The molecular formula is C17H34N2. The summed E-state index contributed by atoms with van der Waals surface area (Å²) < 4.78 is 0. The van der Waals surface area contributed by atoms with Crippen molar-refractivity contribution in [2.45, 2.75) is 83.7 Å². The summed E-state index contributed by atoms with van der Waals surface area (Å²) >= 11 is 0. The molecule has 0 radical (unpaired) electrons. The highest BCUT2D eigenvalue weighted by atomic mass is 15.2. The quantitative estimate of drug-likeness (QED) is 0.748. The summed E-state index contributed by atoms with van der Waals surface area (Å²) in [6.45, 7) is 10.1. The first-order valence-electron chi connectivity index (χ1n) is 8.75. The average molecular weight is 266 g/mol. The third-order valence-electron chi connectivity index (χ3n) is 5.10. The summed E-state index contributed by atoms with van der Waals surface area (Å²) in [6.07, 6.45) is 12.9. The lowest BCUT2D eigenvalue weighted by Crippen LogP contribution is -2.41. The highest BCUT2D eigenvalue weighted by molar-refractivity contribution is 4.78. The summed E-state index contributed by atoms with van der Waals surface area (Å²) in [5, 5.41) is 0. The molecule has 0 saturated carbocycles. The molecule has 0 atom stereocenters. The third-order valence-corrected chi connectivity index (χ3v) is 5.10. The van der Waals surface area contributed by atoms with Crippen LogP contribution in [0.25, 0.3) is 0 Å². The van der Waals surface area contributed by atoms with Crippen LogP contribution in [0.15, 0.2) is 0 Å². The number of likely N-dealkylation sites (tertiary alicyclic amines) is 2. The second kappa shape index (κ2) is 8.26. The normalized spacial score (nSPS) is 26.7. The molecule has 2 fully saturated rings. The lowest BCUT2D eigenvalue weighted by atomic mass is 9.98. The fraction of sp³-hybridized carbons (Fsp3) is 1.00. The van der Waals surface area contributed by atoms with Crippen molar-refractivity contribution < 1.29 is 0 Å². The Bertz CT molecular complexity index is 221. The zero-order chi connectivity index (χ0) is 13.5. The van der Waals surface area contributed by atoms with E-state index in [0.29, 0.717) is 0 Å². The van der Waals surface area contributed by atoms with Gasteiger partial charge in [-0.3, -0.25) is 0 Å². The lowest BCUT2D eigenvalue weighted by molar-refractivity contribution is 0.124. The molecule has 0 N–H and O–H groups in total. The van der Waals surface area contributed by atoms with Crippen molar-refractivity contribution in [1.29, 1.82) is 0 Å². The summed E-state index contributed by atoms with van der Waals surface area (Å²) in [5.74, 6) is 0. The van der Waals surface area contributed by atoms with E-state index in [1.54, 1.807) is 0 Å². The molecule has 112 valence electrons. The van der Waals surface area contributed by atoms with Crippen LogP contribution in [0.3, 0.4) is 0 Å². The van der Waals surface area contributed by atoms with Crippen LogP contribution in [0.1, 0.15) is 71.6 Å². The summed E-state index contributed by atoms with van der Waals surface area (Å²) in [7, 11) is 0. The Kier molecular flexibility index (Phi) is 6.66. The van der Waals surface area contributed by atoms with Gasteiger partial charge in [0.15, 0.2) is 0 Å².